The molecule has 2 saturated heterocycles. The number of amides is 1. The lowest BCUT2D eigenvalue weighted by Crippen LogP contribution is -2.37. The molecule has 2 aliphatic rings. The zero-order chi connectivity index (χ0) is 22.8. The quantitative estimate of drug-likeness (QED) is 0.576. The number of fused-ring (bicyclic) bond motifs is 1. The second-order valence-electron chi connectivity index (χ2n) is 8.89. The second kappa shape index (κ2) is 9.19. The highest BCUT2D eigenvalue weighted by molar-refractivity contribution is 7.89. The van der Waals surface area contributed by atoms with Gasteiger partial charge < -0.3 is 15.2 Å². The first-order valence-electron chi connectivity index (χ1n) is 11.8. The lowest BCUT2D eigenvalue weighted by atomic mass is 10.1. The van der Waals surface area contributed by atoms with Gasteiger partial charge in [-0.3, -0.25) is 4.79 Å². The molecule has 2 aliphatic heterocycles. The van der Waals surface area contributed by atoms with Gasteiger partial charge >= 0.3 is 0 Å². The summed E-state index contributed by atoms with van der Waals surface area (Å²) in [6.45, 7) is 2.74. The van der Waals surface area contributed by atoms with Crippen LogP contribution >= 0.6 is 0 Å². The summed E-state index contributed by atoms with van der Waals surface area (Å²) in [4.78, 5) is 18.7. The van der Waals surface area contributed by atoms with E-state index in [1.54, 1.807) is 16.4 Å². The van der Waals surface area contributed by atoms with Crippen molar-refractivity contribution in [1.82, 2.24) is 9.29 Å². The topological polar surface area (TPSA) is 85.5 Å². The number of nitrogens with one attached hydrogen (secondary N) is 2. The van der Waals surface area contributed by atoms with Gasteiger partial charge in [-0.1, -0.05) is 12.5 Å². The number of aromatic nitrogens is 1. The normalized spacial score (nSPS) is 17.9. The van der Waals surface area contributed by atoms with Crippen molar-refractivity contribution in [2.75, 3.05) is 36.4 Å². The Morgan fingerprint density at radius 1 is 0.879 bits per heavy atom. The summed E-state index contributed by atoms with van der Waals surface area (Å²) >= 11 is 0. The van der Waals surface area contributed by atoms with E-state index in [0.29, 0.717) is 30.0 Å². The molecule has 5 rings (SSSR count). The number of benzene rings is 2. The molecule has 1 aromatic heterocycles. The molecule has 0 aliphatic carbocycles. The van der Waals surface area contributed by atoms with Crippen molar-refractivity contribution >= 4 is 38.2 Å². The molecule has 0 spiro atoms. The second-order valence-corrected chi connectivity index (χ2v) is 10.8. The van der Waals surface area contributed by atoms with Crippen LogP contribution in [0.15, 0.2) is 53.6 Å². The van der Waals surface area contributed by atoms with Gasteiger partial charge in [-0.2, -0.15) is 4.31 Å². The minimum absolute atomic E-state index is 0.249. The van der Waals surface area contributed by atoms with E-state index in [0.717, 1.165) is 62.5 Å². The molecule has 0 bridgehead atoms. The predicted molar refractivity (Wildman–Crippen MR) is 131 cm³/mol. The summed E-state index contributed by atoms with van der Waals surface area (Å²) < 4.78 is 29.0. The summed E-state index contributed by atoms with van der Waals surface area (Å²) in [5.41, 5.74) is 2.68. The predicted octanol–water partition coefficient (Wildman–Crippen LogP) is 4.59. The van der Waals surface area contributed by atoms with Crippen LogP contribution in [0.3, 0.4) is 0 Å². The van der Waals surface area contributed by atoms with Crippen molar-refractivity contribution in [2.24, 2.45) is 0 Å². The summed E-state index contributed by atoms with van der Waals surface area (Å²) in [7, 11) is -3.69. The van der Waals surface area contributed by atoms with Gasteiger partial charge in [-0.25, -0.2) is 8.42 Å². The van der Waals surface area contributed by atoms with Crippen LogP contribution in [0, 0.1) is 0 Å². The average molecular weight is 467 g/mol. The fourth-order valence-electron chi connectivity index (χ4n) is 4.89. The zero-order valence-electron chi connectivity index (χ0n) is 18.7. The van der Waals surface area contributed by atoms with E-state index in [2.05, 4.69) is 15.2 Å². The van der Waals surface area contributed by atoms with Gasteiger partial charge in [0, 0.05) is 48.8 Å². The summed E-state index contributed by atoms with van der Waals surface area (Å²) in [6, 6.07) is 12.7. The third-order valence-corrected chi connectivity index (χ3v) is 8.62. The Kier molecular flexibility index (Phi) is 6.12. The maximum atomic E-state index is 13.7. The van der Waals surface area contributed by atoms with Gasteiger partial charge in [0.1, 0.15) is 4.90 Å². The molecule has 0 radical (unpaired) electrons. The van der Waals surface area contributed by atoms with Crippen molar-refractivity contribution in [1.29, 1.82) is 0 Å². The SMILES string of the molecule is O=C(Nc1cccc2[nH]ccc12)c1ccc(N2CCCCC2)c(S(=O)(=O)N2CCCCC2)c1. The van der Waals surface area contributed by atoms with Gasteiger partial charge in [0.2, 0.25) is 10.0 Å². The molecule has 33 heavy (non-hydrogen) atoms. The number of nitrogens with zero attached hydrogens (tertiary/aromatic N) is 2. The highest BCUT2D eigenvalue weighted by Gasteiger charge is 2.31. The van der Waals surface area contributed by atoms with Crippen molar-refractivity contribution in [3.05, 3.63) is 54.2 Å². The molecule has 8 heteroatoms. The minimum atomic E-state index is -3.69. The van der Waals surface area contributed by atoms with Crippen LogP contribution in [-0.4, -0.2) is 49.8 Å². The Balaban J connectivity index is 1.51. The highest BCUT2D eigenvalue weighted by atomic mass is 32.2. The van der Waals surface area contributed by atoms with Crippen LogP contribution in [-0.2, 0) is 10.0 Å². The van der Waals surface area contributed by atoms with E-state index in [9.17, 15) is 13.2 Å². The van der Waals surface area contributed by atoms with Crippen LogP contribution in [0.4, 0.5) is 11.4 Å². The van der Waals surface area contributed by atoms with Gasteiger partial charge in [0.15, 0.2) is 0 Å². The van der Waals surface area contributed by atoms with Crippen LogP contribution < -0.4 is 10.2 Å². The van der Waals surface area contributed by atoms with Crippen LogP contribution in [0.2, 0.25) is 0 Å². The number of hydrogen-bond acceptors (Lipinski definition) is 4. The number of sulfonamides is 1. The highest BCUT2D eigenvalue weighted by Crippen LogP contribution is 2.33. The van der Waals surface area contributed by atoms with E-state index < -0.39 is 10.0 Å². The number of carbonyl (C=O) groups is 1. The van der Waals surface area contributed by atoms with E-state index in [4.69, 9.17) is 0 Å². The molecular weight excluding hydrogens is 436 g/mol. The third kappa shape index (κ3) is 4.37. The number of anilines is 2. The lowest BCUT2D eigenvalue weighted by molar-refractivity contribution is 0.102. The Hall–Kier alpha value is -2.84. The molecular formula is C25H30N4O3S. The molecule has 2 aromatic carbocycles. The Morgan fingerprint density at radius 2 is 1.61 bits per heavy atom. The Labute approximate surface area is 194 Å². The molecule has 2 N–H and O–H groups in total. The lowest BCUT2D eigenvalue weighted by Gasteiger charge is -2.33. The molecule has 0 atom stereocenters. The number of piperidine rings is 2. The Bertz CT molecular complexity index is 1260. The number of carbonyl (C=O) groups excluding carboxylic acids is 1. The number of hydrogen-bond donors (Lipinski definition) is 2. The number of rotatable bonds is 5. The first-order chi connectivity index (χ1) is 16.0. The van der Waals surface area contributed by atoms with Crippen LogP contribution in [0.1, 0.15) is 48.9 Å². The van der Waals surface area contributed by atoms with Crippen molar-refractivity contribution in [3.63, 3.8) is 0 Å². The fraction of sp³-hybridized carbons (Fsp3) is 0.400. The van der Waals surface area contributed by atoms with E-state index in [1.165, 1.54) is 0 Å². The Morgan fingerprint density at radius 3 is 2.36 bits per heavy atom. The molecule has 1 amide bonds. The summed E-state index contributed by atoms with van der Waals surface area (Å²) in [5.74, 6) is -0.316. The van der Waals surface area contributed by atoms with Gasteiger partial charge in [-0.05, 0) is 68.5 Å². The van der Waals surface area contributed by atoms with Crippen molar-refractivity contribution in [2.45, 2.75) is 43.4 Å². The first kappa shape index (κ1) is 22.0. The van der Waals surface area contributed by atoms with E-state index >= 15 is 0 Å². The molecule has 2 fully saturated rings. The number of H-pyrrole nitrogens is 1. The van der Waals surface area contributed by atoms with E-state index in [1.807, 2.05) is 36.5 Å². The molecule has 3 aromatic rings. The number of aromatic amines is 1. The monoisotopic (exact) mass is 466 g/mol. The smallest absolute Gasteiger partial charge is 0.255 e. The fourth-order valence-corrected chi connectivity index (χ4v) is 6.65. The van der Waals surface area contributed by atoms with Gasteiger partial charge in [0.05, 0.1) is 11.4 Å². The van der Waals surface area contributed by atoms with E-state index in [-0.39, 0.29) is 10.8 Å². The first-order valence-corrected chi connectivity index (χ1v) is 13.2. The van der Waals surface area contributed by atoms with Crippen LogP contribution in [0.5, 0.6) is 0 Å². The molecule has 0 saturated carbocycles. The zero-order valence-corrected chi connectivity index (χ0v) is 19.5. The maximum absolute atomic E-state index is 13.7. The van der Waals surface area contributed by atoms with Gasteiger partial charge in [-0.15, -0.1) is 0 Å². The maximum Gasteiger partial charge on any atom is 0.255 e. The minimum Gasteiger partial charge on any atom is -0.370 e. The van der Waals surface area contributed by atoms with Crippen molar-refractivity contribution in [3.8, 4) is 0 Å². The molecule has 0 unspecified atom stereocenters. The molecule has 7 nitrogen and oxygen atoms in total. The standard InChI is InChI=1S/C25H30N4O3S/c30-25(27-22-9-7-8-21-20(22)12-13-26-21)19-10-11-23(28-14-3-1-4-15-28)24(18-19)33(31,32)29-16-5-2-6-17-29/h7-13,18,26H,1-6,14-17H2,(H,27,30). The summed E-state index contributed by atoms with van der Waals surface area (Å²) in [6.07, 6.45) is 7.89. The summed E-state index contributed by atoms with van der Waals surface area (Å²) in [5, 5.41) is 3.88. The third-order valence-electron chi connectivity index (χ3n) is 6.69. The molecule has 174 valence electrons. The largest absolute Gasteiger partial charge is 0.370 e. The van der Waals surface area contributed by atoms with Crippen molar-refractivity contribution < 1.29 is 13.2 Å². The molecule has 3 heterocycles. The van der Waals surface area contributed by atoms with Gasteiger partial charge in [0.25, 0.3) is 5.91 Å². The average Bonchev–Trinajstić information content (AvgIpc) is 3.35. The van der Waals surface area contributed by atoms with Crippen LogP contribution in [0.25, 0.3) is 10.9 Å².